The molecule has 0 aromatic carbocycles. The normalized spacial score (nSPS) is 11.8. The number of nitrogens with zero attached hydrogens (tertiary/aromatic N) is 3. The Bertz CT molecular complexity index is 411. The predicted octanol–water partition coefficient (Wildman–Crippen LogP) is 1.54. The molecule has 6 heteroatoms. The summed E-state index contributed by atoms with van der Waals surface area (Å²) in [5.74, 6) is 1.13. The van der Waals surface area contributed by atoms with Crippen molar-refractivity contribution < 1.29 is 9.53 Å². The van der Waals surface area contributed by atoms with Crippen molar-refractivity contribution in [2.24, 2.45) is 0 Å². The van der Waals surface area contributed by atoms with E-state index in [9.17, 15) is 4.79 Å². The van der Waals surface area contributed by atoms with Gasteiger partial charge >= 0.3 is 0 Å². The van der Waals surface area contributed by atoms with Crippen molar-refractivity contribution in [1.82, 2.24) is 14.9 Å². The predicted molar refractivity (Wildman–Crippen MR) is 74.2 cm³/mol. The van der Waals surface area contributed by atoms with Crippen LogP contribution >= 0.6 is 0 Å². The second-order valence-electron chi connectivity index (χ2n) is 4.31. The van der Waals surface area contributed by atoms with Gasteiger partial charge in [-0.15, -0.1) is 0 Å². The van der Waals surface area contributed by atoms with Gasteiger partial charge in [0.15, 0.2) is 0 Å². The van der Waals surface area contributed by atoms with Crippen LogP contribution in [0.2, 0.25) is 0 Å². The van der Waals surface area contributed by atoms with Gasteiger partial charge in [0.2, 0.25) is 11.8 Å². The molecule has 1 heterocycles. The first kappa shape index (κ1) is 15.2. The third kappa shape index (κ3) is 4.73. The summed E-state index contributed by atoms with van der Waals surface area (Å²) in [6.07, 6.45) is 2.34. The van der Waals surface area contributed by atoms with Crippen molar-refractivity contribution in [3.05, 3.63) is 12.4 Å². The van der Waals surface area contributed by atoms with Crippen LogP contribution in [0.15, 0.2) is 12.4 Å². The third-order valence-electron chi connectivity index (χ3n) is 2.68. The Hall–Kier alpha value is -1.85. The molecule has 6 nitrogen and oxygen atoms in total. The van der Waals surface area contributed by atoms with E-state index in [1.54, 1.807) is 18.0 Å². The summed E-state index contributed by atoms with van der Waals surface area (Å²) >= 11 is 0. The summed E-state index contributed by atoms with van der Waals surface area (Å²) in [4.78, 5) is 21.7. The van der Waals surface area contributed by atoms with Gasteiger partial charge in [-0.2, -0.15) is 0 Å². The number of nitrogens with one attached hydrogen (secondary N) is 1. The second kappa shape index (κ2) is 7.56. The Morgan fingerprint density at radius 2 is 2.21 bits per heavy atom. The number of carbonyl (C=O) groups excluding carboxylic acids is 1. The van der Waals surface area contributed by atoms with E-state index in [0.29, 0.717) is 24.8 Å². The quantitative estimate of drug-likeness (QED) is 0.811. The number of aromatic nitrogens is 2. The highest BCUT2D eigenvalue weighted by Crippen LogP contribution is 2.12. The lowest BCUT2D eigenvalue weighted by atomic mass is 10.3. The molecule has 0 aliphatic carbocycles. The van der Waals surface area contributed by atoms with Crippen LogP contribution in [0.5, 0.6) is 5.88 Å². The van der Waals surface area contributed by atoms with Gasteiger partial charge in [0, 0.05) is 19.7 Å². The van der Waals surface area contributed by atoms with E-state index >= 15 is 0 Å². The van der Waals surface area contributed by atoms with Crippen LogP contribution < -0.4 is 10.1 Å². The van der Waals surface area contributed by atoms with Crippen molar-refractivity contribution in [2.75, 3.05) is 25.5 Å². The Kier molecular flexibility index (Phi) is 6.05. The number of hydrogen-bond donors (Lipinski definition) is 1. The van der Waals surface area contributed by atoms with Crippen molar-refractivity contribution in [2.45, 2.75) is 33.2 Å². The number of ether oxygens (including phenoxy) is 1. The molecule has 0 saturated carbocycles. The van der Waals surface area contributed by atoms with E-state index in [1.807, 2.05) is 20.8 Å². The molecule has 19 heavy (non-hydrogen) atoms. The van der Waals surface area contributed by atoms with Crippen molar-refractivity contribution >= 4 is 11.7 Å². The zero-order valence-corrected chi connectivity index (χ0v) is 12.0. The van der Waals surface area contributed by atoms with Gasteiger partial charge in [-0.3, -0.25) is 4.79 Å². The zero-order chi connectivity index (χ0) is 14.3. The van der Waals surface area contributed by atoms with Crippen molar-refractivity contribution in [3.8, 4) is 5.88 Å². The number of anilines is 1. The molecule has 106 valence electrons. The van der Waals surface area contributed by atoms with Crippen LogP contribution in [-0.4, -0.2) is 47.0 Å². The number of hydrogen-bond acceptors (Lipinski definition) is 5. The van der Waals surface area contributed by atoms with Crippen LogP contribution in [0.25, 0.3) is 0 Å². The summed E-state index contributed by atoms with van der Waals surface area (Å²) in [6.45, 7) is 7.07. The average Bonchev–Trinajstić information content (AvgIpc) is 2.43. The molecule has 1 aromatic heterocycles. The summed E-state index contributed by atoms with van der Waals surface area (Å²) < 4.78 is 5.42. The molecule has 0 saturated heterocycles. The Morgan fingerprint density at radius 1 is 1.47 bits per heavy atom. The number of likely N-dealkylation sites (N-methyl/N-ethyl adjacent to an activating group) is 1. The van der Waals surface area contributed by atoms with E-state index in [0.717, 1.165) is 6.42 Å². The highest BCUT2D eigenvalue weighted by molar-refractivity contribution is 5.83. The van der Waals surface area contributed by atoms with Gasteiger partial charge in [-0.05, 0) is 20.3 Å². The monoisotopic (exact) mass is 266 g/mol. The van der Waals surface area contributed by atoms with Crippen LogP contribution in [0.3, 0.4) is 0 Å². The molecule has 1 rings (SSSR count). The molecule has 1 aromatic rings. The molecular formula is C13H22N4O2. The van der Waals surface area contributed by atoms with Gasteiger partial charge in [-0.1, -0.05) is 6.92 Å². The number of amides is 1. The third-order valence-corrected chi connectivity index (χ3v) is 2.68. The minimum absolute atomic E-state index is 0.0251. The van der Waals surface area contributed by atoms with Gasteiger partial charge in [0.1, 0.15) is 18.2 Å². The highest BCUT2D eigenvalue weighted by atomic mass is 16.5. The largest absolute Gasteiger partial charge is 0.478 e. The molecule has 0 radical (unpaired) electrons. The molecule has 0 aliphatic heterocycles. The van der Waals surface area contributed by atoms with E-state index in [4.69, 9.17) is 4.74 Å². The number of rotatable bonds is 7. The Morgan fingerprint density at radius 3 is 2.84 bits per heavy atom. The summed E-state index contributed by atoms with van der Waals surface area (Å²) in [7, 11) is 1.77. The van der Waals surface area contributed by atoms with Gasteiger partial charge in [0.05, 0.1) is 6.61 Å². The van der Waals surface area contributed by atoms with Gasteiger partial charge in [-0.25, -0.2) is 9.97 Å². The summed E-state index contributed by atoms with van der Waals surface area (Å²) in [6, 6.07) is 1.37. The topological polar surface area (TPSA) is 67.3 Å². The number of carbonyl (C=O) groups is 1. The van der Waals surface area contributed by atoms with E-state index in [2.05, 4.69) is 15.3 Å². The molecule has 1 N–H and O–H groups in total. The molecule has 1 unspecified atom stereocenters. The molecule has 0 aliphatic rings. The lowest BCUT2D eigenvalue weighted by Gasteiger charge is -2.20. The maximum absolute atomic E-state index is 11.9. The molecule has 0 bridgehead atoms. The molecule has 0 spiro atoms. The fourth-order valence-electron chi connectivity index (χ4n) is 1.47. The minimum Gasteiger partial charge on any atom is -0.478 e. The molecule has 0 fully saturated rings. The zero-order valence-electron chi connectivity index (χ0n) is 12.0. The molecule has 1 atom stereocenters. The SMILES string of the molecule is CCCOc1cc(NC(C)C(=O)N(C)CC)ncn1. The maximum atomic E-state index is 11.9. The smallest absolute Gasteiger partial charge is 0.244 e. The van der Waals surface area contributed by atoms with Crippen LogP contribution in [0.1, 0.15) is 27.2 Å². The maximum Gasteiger partial charge on any atom is 0.244 e. The van der Waals surface area contributed by atoms with Crippen LogP contribution in [0, 0.1) is 0 Å². The Balaban J connectivity index is 2.63. The fraction of sp³-hybridized carbons (Fsp3) is 0.615. The molecular weight excluding hydrogens is 244 g/mol. The summed E-state index contributed by atoms with van der Waals surface area (Å²) in [5, 5.41) is 3.05. The van der Waals surface area contributed by atoms with Crippen LogP contribution in [0.4, 0.5) is 5.82 Å². The second-order valence-corrected chi connectivity index (χ2v) is 4.31. The van der Waals surface area contributed by atoms with E-state index in [-0.39, 0.29) is 11.9 Å². The summed E-state index contributed by atoms with van der Waals surface area (Å²) in [5.41, 5.74) is 0. The first-order chi connectivity index (χ1) is 9.08. The highest BCUT2D eigenvalue weighted by Gasteiger charge is 2.16. The first-order valence-electron chi connectivity index (χ1n) is 6.54. The standard InChI is InChI=1S/C13H22N4O2/c1-5-7-19-12-8-11(14-9-15-12)16-10(3)13(18)17(4)6-2/h8-10H,5-7H2,1-4H3,(H,14,15,16). The van der Waals surface area contributed by atoms with Gasteiger partial charge in [0.25, 0.3) is 0 Å². The lowest BCUT2D eigenvalue weighted by molar-refractivity contribution is -0.130. The minimum atomic E-state index is -0.334. The van der Waals surface area contributed by atoms with Gasteiger partial charge < -0.3 is 15.0 Å². The van der Waals surface area contributed by atoms with E-state index < -0.39 is 0 Å². The van der Waals surface area contributed by atoms with Crippen molar-refractivity contribution in [1.29, 1.82) is 0 Å². The van der Waals surface area contributed by atoms with E-state index in [1.165, 1.54) is 6.33 Å². The molecule has 1 amide bonds. The van der Waals surface area contributed by atoms with Crippen LogP contribution in [-0.2, 0) is 4.79 Å². The average molecular weight is 266 g/mol. The Labute approximate surface area is 114 Å². The lowest BCUT2D eigenvalue weighted by Crippen LogP contribution is -2.39. The van der Waals surface area contributed by atoms with Crippen molar-refractivity contribution in [3.63, 3.8) is 0 Å². The first-order valence-corrected chi connectivity index (χ1v) is 6.54. The fourth-order valence-corrected chi connectivity index (χ4v) is 1.47.